The van der Waals surface area contributed by atoms with Crippen LogP contribution in [-0.2, 0) is 12.8 Å². The van der Waals surface area contributed by atoms with Crippen LogP contribution >= 0.6 is 34.5 Å². The molecule has 0 radical (unpaired) electrons. The maximum absolute atomic E-state index is 12.3. The third-order valence-electron chi connectivity index (χ3n) is 5.59. The molecule has 0 unspecified atom stereocenters. The van der Waals surface area contributed by atoms with Gasteiger partial charge in [0.25, 0.3) is 5.91 Å². The Balaban J connectivity index is 1.61. The lowest BCUT2D eigenvalue weighted by Crippen LogP contribution is -2.17. The summed E-state index contributed by atoms with van der Waals surface area (Å²) in [7, 11) is 0. The second-order valence-corrected chi connectivity index (χ2v) is 9.58. The first-order valence-electron chi connectivity index (χ1n) is 10.1. The fraction of sp³-hybridized carbons (Fsp3) is 0.261. The number of amides is 1. The molecule has 6 nitrogen and oxygen atoms in total. The molecule has 2 heterocycles. The van der Waals surface area contributed by atoms with Gasteiger partial charge < -0.3 is 9.67 Å². The lowest BCUT2D eigenvalue weighted by molar-refractivity contribution is 0.0695. The van der Waals surface area contributed by atoms with Crippen molar-refractivity contribution in [3.63, 3.8) is 0 Å². The van der Waals surface area contributed by atoms with Gasteiger partial charge >= 0.3 is 5.97 Å². The van der Waals surface area contributed by atoms with Gasteiger partial charge in [-0.05, 0) is 69.4 Å². The fourth-order valence-electron chi connectivity index (χ4n) is 4.02. The van der Waals surface area contributed by atoms with Gasteiger partial charge in [-0.2, -0.15) is 5.10 Å². The Bertz CT molecular complexity index is 1260. The smallest absolute Gasteiger partial charge is 0.339 e. The molecule has 4 rings (SSSR count). The Labute approximate surface area is 199 Å². The number of hydrogen-bond acceptors (Lipinski definition) is 4. The van der Waals surface area contributed by atoms with Gasteiger partial charge in [0.1, 0.15) is 5.00 Å². The number of carbonyl (C=O) groups is 2. The van der Waals surface area contributed by atoms with Crippen molar-refractivity contribution in [2.24, 2.45) is 5.10 Å². The van der Waals surface area contributed by atoms with E-state index in [1.54, 1.807) is 29.7 Å². The maximum atomic E-state index is 12.3. The second-order valence-electron chi connectivity index (χ2n) is 7.69. The van der Waals surface area contributed by atoms with Crippen molar-refractivity contribution in [2.75, 3.05) is 0 Å². The number of carboxylic acid groups (broad SMARTS) is 1. The number of aromatic nitrogens is 1. The summed E-state index contributed by atoms with van der Waals surface area (Å²) in [4.78, 5) is 25.6. The molecule has 1 aromatic carbocycles. The van der Waals surface area contributed by atoms with E-state index in [1.807, 2.05) is 24.5 Å². The average molecular weight is 490 g/mol. The predicted molar refractivity (Wildman–Crippen MR) is 128 cm³/mol. The van der Waals surface area contributed by atoms with Gasteiger partial charge in [-0.25, -0.2) is 10.2 Å². The van der Waals surface area contributed by atoms with Crippen molar-refractivity contribution < 1.29 is 14.7 Å². The highest BCUT2D eigenvalue weighted by Gasteiger charge is 2.27. The minimum atomic E-state index is -0.893. The number of aryl methyl sites for hydroxylation is 2. The number of nitrogens with zero attached hydrogens (tertiary/aromatic N) is 2. The largest absolute Gasteiger partial charge is 0.478 e. The van der Waals surface area contributed by atoms with Crippen molar-refractivity contribution in [1.82, 2.24) is 9.99 Å². The first-order valence-corrected chi connectivity index (χ1v) is 11.7. The Morgan fingerprint density at radius 3 is 2.62 bits per heavy atom. The Morgan fingerprint density at radius 2 is 1.91 bits per heavy atom. The highest BCUT2D eigenvalue weighted by atomic mass is 35.5. The zero-order valence-electron chi connectivity index (χ0n) is 17.5. The van der Waals surface area contributed by atoms with Crippen molar-refractivity contribution in [3.8, 4) is 5.00 Å². The molecule has 2 aromatic heterocycles. The Morgan fingerprint density at radius 1 is 1.16 bits per heavy atom. The summed E-state index contributed by atoms with van der Waals surface area (Å²) in [6, 6.07) is 6.52. The van der Waals surface area contributed by atoms with Crippen LogP contribution in [0.3, 0.4) is 0 Å². The van der Waals surface area contributed by atoms with Gasteiger partial charge in [-0.3, -0.25) is 4.79 Å². The van der Waals surface area contributed by atoms with Crippen LogP contribution in [-0.4, -0.2) is 27.8 Å². The van der Waals surface area contributed by atoms with Gasteiger partial charge in [0.2, 0.25) is 0 Å². The lowest BCUT2D eigenvalue weighted by Gasteiger charge is -2.11. The van der Waals surface area contributed by atoms with Crippen LogP contribution in [0.2, 0.25) is 10.0 Å². The molecule has 166 valence electrons. The molecule has 0 atom stereocenters. The van der Waals surface area contributed by atoms with Gasteiger partial charge in [-0.1, -0.05) is 23.2 Å². The minimum Gasteiger partial charge on any atom is -0.478 e. The predicted octanol–water partition coefficient (Wildman–Crippen LogP) is 5.80. The van der Waals surface area contributed by atoms with E-state index in [-0.39, 0.29) is 0 Å². The third-order valence-corrected chi connectivity index (χ3v) is 7.61. The van der Waals surface area contributed by atoms with Crippen LogP contribution in [0.15, 0.2) is 29.4 Å². The quantitative estimate of drug-likeness (QED) is 0.350. The number of carbonyl (C=O) groups excluding carboxylic acids is 1. The number of rotatable bonds is 5. The van der Waals surface area contributed by atoms with E-state index in [1.165, 1.54) is 10.9 Å². The van der Waals surface area contributed by atoms with Crippen molar-refractivity contribution in [2.45, 2.75) is 39.5 Å². The highest BCUT2D eigenvalue weighted by molar-refractivity contribution is 7.15. The van der Waals surface area contributed by atoms with Crippen molar-refractivity contribution in [3.05, 3.63) is 72.8 Å². The summed E-state index contributed by atoms with van der Waals surface area (Å²) in [5.41, 5.74) is 6.76. The number of thiophene rings is 1. The van der Waals surface area contributed by atoms with E-state index in [0.29, 0.717) is 21.2 Å². The summed E-state index contributed by atoms with van der Waals surface area (Å²) in [5.74, 6) is -1.30. The summed E-state index contributed by atoms with van der Waals surface area (Å²) in [6.45, 7) is 3.85. The second kappa shape index (κ2) is 9.10. The van der Waals surface area contributed by atoms with E-state index in [9.17, 15) is 14.7 Å². The average Bonchev–Trinajstić information content (AvgIpc) is 3.26. The van der Waals surface area contributed by atoms with E-state index < -0.39 is 11.9 Å². The maximum Gasteiger partial charge on any atom is 0.339 e. The van der Waals surface area contributed by atoms with Crippen LogP contribution in [0.4, 0.5) is 0 Å². The number of nitrogens with one attached hydrogen (secondary N) is 1. The van der Waals surface area contributed by atoms with E-state index in [4.69, 9.17) is 23.2 Å². The van der Waals surface area contributed by atoms with Crippen LogP contribution in [0, 0.1) is 13.8 Å². The van der Waals surface area contributed by atoms with E-state index in [2.05, 4.69) is 10.5 Å². The van der Waals surface area contributed by atoms with Crippen molar-refractivity contribution >= 4 is 52.6 Å². The zero-order valence-corrected chi connectivity index (χ0v) is 19.9. The fourth-order valence-corrected chi connectivity index (χ4v) is 5.81. The molecule has 32 heavy (non-hydrogen) atoms. The highest BCUT2D eigenvalue weighted by Crippen LogP contribution is 2.38. The first kappa shape index (κ1) is 22.6. The molecule has 0 saturated carbocycles. The molecule has 0 spiro atoms. The molecule has 0 aliphatic heterocycles. The Hall–Kier alpha value is -2.61. The molecular formula is C23H21Cl2N3O3S. The van der Waals surface area contributed by atoms with Crippen LogP contribution in [0.5, 0.6) is 0 Å². The molecule has 0 saturated heterocycles. The summed E-state index contributed by atoms with van der Waals surface area (Å²) < 4.78 is 1.97. The van der Waals surface area contributed by atoms with Gasteiger partial charge in [0.15, 0.2) is 0 Å². The molecule has 1 aliphatic carbocycles. The number of fused-ring (bicyclic) bond motifs is 1. The van der Waals surface area contributed by atoms with Gasteiger partial charge in [0.05, 0.1) is 21.8 Å². The number of halogens is 2. The van der Waals surface area contributed by atoms with Gasteiger partial charge in [0, 0.05) is 27.4 Å². The first-order chi connectivity index (χ1) is 15.3. The SMILES string of the molecule is Cc1cc(/C=N\NC(=O)c2ccc(Cl)c(Cl)c2)c(C)n1-c1sc2c(c1C(=O)O)CCCC2. The molecule has 2 N–H and O–H groups in total. The normalized spacial score (nSPS) is 13.4. The number of carboxylic acids is 1. The van der Waals surface area contributed by atoms with Gasteiger partial charge in [-0.15, -0.1) is 11.3 Å². The number of hydrogen-bond donors (Lipinski definition) is 2. The Kier molecular flexibility index (Phi) is 6.42. The molecule has 0 bridgehead atoms. The van der Waals surface area contributed by atoms with Crippen LogP contribution < -0.4 is 5.43 Å². The standard InChI is InChI=1S/C23H21Cl2N3O3S/c1-12-9-15(11-26-27-21(29)14-7-8-17(24)18(25)10-14)13(2)28(12)22-20(23(30)31)16-5-3-4-6-19(16)32-22/h7-11H,3-6H2,1-2H3,(H,27,29)(H,30,31)/b26-11-. The number of benzene rings is 1. The summed E-state index contributed by atoms with van der Waals surface area (Å²) in [6.07, 6.45) is 5.40. The molecule has 1 amide bonds. The van der Waals surface area contributed by atoms with Crippen molar-refractivity contribution in [1.29, 1.82) is 0 Å². The van der Waals surface area contributed by atoms with Crippen LogP contribution in [0.25, 0.3) is 5.00 Å². The minimum absolute atomic E-state index is 0.291. The lowest BCUT2D eigenvalue weighted by atomic mass is 9.95. The zero-order chi connectivity index (χ0) is 23.0. The molecule has 9 heteroatoms. The molecule has 0 fully saturated rings. The number of aromatic carboxylic acids is 1. The van der Waals surface area contributed by atoms with E-state index in [0.717, 1.165) is 53.2 Å². The summed E-state index contributed by atoms with van der Waals surface area (Å²) >= 11 is 13.4. The molecule has 1 aliphatic rings. The third kappa shape index (κ3) is 4.20. The summed E-state index contributed by atoms with van der Waals surface area (Å²) in [5, 5.41) is 15.4. The van der Waals surface area contributed by atoms with E-state index >= 15 is 0 Å². The number of hydrazone groups is 1. The molecule has 3 aromatic rings. The monoisotopic (exact) mass is 489 g/mol. The topological polar surface area (TPSA) is 83.7 Å². The molecular weight excluding hydrogens is 469 g/mol. The van der Waals surface area contributed by atoms with Crippen LogP contribution in [0.1, 0.15) is 60.9 Å².